The van der Waals surface area contributed by atoms with Crippen LogP contribution in [0.3, 0.4) is 0 Å². The van der Waals surface area contributed by atoms with Gasteiger partial charge in [0, 0.05) is 5.39 Å². The number of hydrogen-bond acceptors (Lipinski definition) is 2. The zero-order valence-electron chi connectivity index (χ0n) is 9.79. The van der Waals surface area contributed by atoms with Gasteiger partial charge in [0.2, 0.25) is 0 Å². The van der Waals surface area contributed by atoms with E-state index in [9.17, 15) is 0 Å². The summed E-state index contributed by atoms with van der Waals surface area (Å²) in [6.45, 7) is 2.32. The first-order valence-corrected chi connectivity index (χ1v) is 5.89. The summed E-state index contributed by atoms with van der Waals surface area (Å²) in [5.41, 5.74) is 1.38. The van der Waals surface area contributed by atoms with Crippen LogP contribution in [0.5, 0.6) is 0 Å². The molecule has 1 aliphatic carbocycles. The van der Waals surface area contributed by atoms with E-state index < -0.39 is 0 Å². The van der Waals surface area contributed by atoms with Crippen molar-refractivity contribution in [2.75, 3.05) is 7.05 Å². The largest absolute Gasteiger partial charge is 0.459 e. The molecule has 0 aliphatic heterocycles. The summed E-state index contributed by atoms with van der Waals surface area (Å²) in [6, 6.07) is 10.7. The summed E-state index contributed by atoms with van der Waals surface area (Å²) < 4.78 is 5.93. The maximum atomic E-state index is 5.93. The van der Waals surface area contributed by atoms with Gasteiger partial charge >= 0.3 is 0 Å². The molecule has 1 heterocycles. The highest BCUT2D eigenvalue weighted by Gasteiger charge is 2.46. The Hall–Kier alpha value is -1.28. The van der Waals surface area contributed by atoms with Crippen molar-refractivity contribution >= 4 is 11.0 Å². The van der Waals surface area contributed by atoms with Crippen molar-refractivity contribution < 1.29 is 4.42 Å². The fraction of sp³-hybridized carbons (Fsp3) is 0.429. The maximum Gasteiger partial charge on any atom is 0.134 e. The molecule has 1 fully saturated rings. The Labute approximate surface area is 95.6 Å². The van der Waals surface area contributed by atoms with Gasteiger partial charge in [0.15, 0.2) is 0 Å². The van der Waals surface area contributed by atoms with Crippen LogP contribution >= 0.6 is 0 Å². The standard InChI is InChI=1S/C14H17NO/c1-14(7-8-14)13(15-2)12-9-10-5-3-4-6-11(10)16-12/h3-6,9,13,15H,7-8H2,1-2H3. The topological polar surface area (TPSA) is 25.2 Å². The first-order valence-electron chi connectivity index (χ1n) is 5.89. The molecule has 2 heteroatoms. The van der Waals surface area contributed by atoms with Crippen LogP contribution in [0.1, 0.15) is 31.6 Å². The summed E-state index contributed by atoms with van der Waals surface area (Å²) >= 11 is 0. The average Bonchev–Trinajstić information content (AvgIpc) is 2.89. The Morgan fingerprint density at radius 3 is 2.69 bits per heavy atom. The van der Waals surface area contributed by atoms with E-state index in [0.717, 1.165) is 11.3 Å². The third-order valence-corrected chi connectivity index (χ3v) is 3.75. The van der Waals surface area contributed by atoms with Gasteiger partial charge in [-0.1, -0.05) is 25.1 Å². The monoisotopic (exact) mass is 215 g/mol. The van der Waals surface area contributed by atoms with Crippen LogP contribution in [0.4, 0.5) is 0 Å². The molecular formula is C14H17NO. The first-order chi connectivity index (χ1) is 7.73. The summed E-state index contributed by atoms with van der Waals surface area (Å²) in [5, 5.41) is 4.58. The SMILES string of the molecule is CNC(c1cc2ccccc2o1)C1(C)CC1. The van der Waals surface area contributed by atoms with Crippen molar-refractivity contribution in [3.05, 3.63) is 36.1 Å². The van der Waals surface area contributed by atoms with Gasteiger partial charge in [-0.15, -0.1) is 0 Å². The van der Waals surface area contributed by atoms with Crippen molar-refractivity contribution in [3.63, 3.8) is 0 Å². The van der Waals surface area contributed by atoms with Crippen LogP contribution < -0.4 is 5.32 Å². The van der Waals surface area contributed by atoms with Crippen LogP contribution in [0.15, 0.2) is 34.7 Å². The van der Waals surface area contributed by atoms with E-state index in [1.165, 1.54) is 18.2 Å². The van der Waals surface area contributed by atoms with Crippen molar-refractivity contribution in [3.8, 4) is 0 Å². The molecule has 84 valence electrons. The van der Waals surface area contributed by atoms with Gasteiger partial charge in [-0.05, 0) is 37.4 Å². The number of furan rings is 1. The molecule has 2 nitrogen and oxygen atoms in total. The Morgan fingerprint density at radius 2 is 2.06 bits per heavy atom. The highest BCUT2D eigenvalue weighted by atomic mass is 16.3. The number of benzene rings is 1. The number of fused-ring (bicyclic) bond motifs is 1. The van der Waals surface area contributed by atoms with Gasteiger partial charge in [0.1, 0.15) is 11.3 Å². The van der Waals surface area contributed by atoms with Crippen LogP contribution in [0.25, 0.3) is 11.0 Å². The molecule has 1 aromatic heterocycles. The molecule has 0 spiro atoms. The van der Waals surface area contributed by atoms with Crippen molar-refractivity contribution in [1.29, 1.82) is 0 Å². The maximum absolute atomic E-state index is 5.93. The second-order valence-electron chi connectivity index (χ2n) is 5.06. The summed E-state index contributed by atoms with van der Waals surface area (Å²) in [6.07, 6.45) is 2.57. The normalized spacial score (nSPS) is 19.9. The van der Waals surface area contributed by atoms with E-state index in [-0.39, 0.29) is 0 Å². The minimum absolute atomic E-state index is 0.347. The number of hydrogen-bond donors (Lipinski definition) is 1. The molecule has 0 bridgehead atoms. The third kappa shape index (κ3) is 1.45. The second-order valence-corrected chi connectivity index (χ2v) is 5.06. The molecule has 1 aromatic carbocycles. The second kappa shape index (κ2) is 3.36. The lowest BCUT2D eigenvalue weighted by Gasteiger charge is -2.20. The molecule has 1 aliphatic rings. The fourth-order valence-corrected chi connectivity index (χ4v) is 2.46. The van der Waals surface area contributed by atoms with Gasteiger partial charge < -0.3 is 9.73 Å². The Bertz CT molecular complexity index is 477. The van der Waals surface area contributed by atoms with Crippen molar-refractivity contribution in [1.82, 2.24) is 5.32 Å². The zero-order chi connectivity index (χ0) is 11.2. The van der Waals surface area contributed by atoms with Gasteiger partial charge in [0.05, 0.1) is 6.04 Å². The predicted molar refractivity (Wildman–Crippen MR) is 65.4 cm³/mol. The van der Waals surface area contributed by atoms with E-state index in [1.54, 1.807) is 0 Å². The lowest BCUT2D eigenvalue weighted by Crippen LogP contribution is -2.23. The van der Waals surface area contributed by atoms with Gasteiger partial charge in [-0.25, -0.2) is 0 Å². The number of nitrogens with one attached hydrogen (secondary N) is 1. The van der Waals surface area contributed by atoms with Crippen LogP contribution in [0, 0.1) is 5.41 Å². The Balaban J connectivity index is 2.04. The highest BCUT2D eigenvalue weighted by molar-refractivity contribution is 5.77. The first kappa shape index (κ1) is 9.91. The molecular weight excluding hydrogens is 198 g/mol. The quantitative estimate of drug-likeness (QED) is 0.847. The van der Waals surface area contributed by atoms with E-state index >= 15 is 0 Å². The molecule has 0 saturated heterocycles. The molecule has 1 saturated carbocycles. The van der Waals surface area contributed by atoms with Crippen molar-refractivity contribution in [2.24, 2.45) is 5.41 Å². The average molecular weight is 215 g/mol. The number of rotatable bonds is 3. The lowest BCUT2D eigenvalue weighted by atomic mass is 9.97. The van der Waals surface area contributed by atoms with Gasteiger partial charge in [-0.2, -0.15) is 0 Å². The van der Waals surface area contributed by atoms with E-state index in [2.05, 4.69) is 30.4 Å². The minimum atomic E-state index is 0.347. The Kier molecular flexibility index (Phi) is 2.08. The smallest absolute Gasteiger partial charge is 0.134 e. The van der Waals surface area contributed by atoms with Crippen LogP contribution in [-0.4, -0.2) is 7.05 Å². The highest BCUT2D eigenvalue weighted by Crippen LogP contribution is 2.54. The summed E-state index contributed by atoms with van der Waals surface area (Å²) in [4.78, 5) is 0. The van der Waals surface area contributed by atoms with Crippen LogP contribution in [0.2, 0.25) is 0 Å². The minimum Gasteiger partial charge on any atom is -0.459 e. The molecule has 2 aromatic rings. The molecule has 1 unspecified atom stereocenters. The van der Waals surface area contributed by atoms with E-state index in [0.29, 0.717) is 11.5 Å². The van der Waals surface area contributed by atoms with Crippen molar-refractivity contribution in [2.45, 2.75) is 25.8 Å². The summed E-state index contributed by atoms with van der Waals surface area (Å²) in [7, 11) is 2.02. The third-order valence-electron chi connectivity index (χ3n) is 3.75. The molecule has 0 radical (unpaired) electrons. The zero-order valence-corrected chi connectivity index (χ0v) is 9.79. The number of para-hydroxylation sites is 1. The van der Waals surface area contributed by atoms with Gasteiger partial charge in [-0.3, -0.25) is 0 Å². The molecule has 16 heavy (non-hydrogen) atoms. The van der Waals surface area contributed by atoms with Crippen LogP contribution in [-0.2, 0) is 0 Å². The van der Waals surface area contributed by atoms with E-state index in [4.69, 9.17) is 4.42 Å². The fourth-order valence-electron chi connectivity index (χ4n) is 2.46. The Morgan fingerprint density at radius 1 is 1.31 bits per heavy atom. The van der Waals surface area contributed by atoms with E-state index in [1.807, 2.05) is 19.2 Å². The molecule has 1 atom stereocenters. The molecule has 1 N–H and O–H groups in total. The molecule has 3 rings (SSSR count). The lowest BCUT2D eigenvalue weighted by molar-refractivity contribution is 0.333. The summed E-state index contributed by atoms with van der Waals surface area (Å²) in [5.74, 6) is 1.07. The molecule has 0 amide bonds. The van der Waals surface area contributed by atoms with Gasteiger partial charge in [0.25, 0.3) is 0 Å². The predicted octanol–water partition coefficient (Wildman–Crippen LogP) is 3.49.